The molecular weight excluding hydrogens is 330 g/mol. The van der Waals surface area contributed by atoms with Crippen molar-refractivity contribution in [3.05, 3.63) is 29.3 Å². The number of sulfonamides is 1. The van der Waals surface area contributed by atoms with Gasteiger partial charge in [0.25, 0.3) is 5.91 Å². The van der Waals surface area contributed by atoms with Crippen LogP contribution in [0, 0.1) is 0 Å². The van der Waals surface area contributed by atoms with E-state index in [0.717, 1.165) is 11.3 Å². The minimum Gasteiger partial charge on any atom is -0.337 e. The molecule has 0 aromatic heterocycles. The van der Waals surface area contributed by atoms with Gasteiger partial charge in [0.15, 0.2) is 0 Å². The average molecular weight is 351 g/mol. The van der Waals surface area contributed by atoms with Crippen molar-refractivity contribution in [3.63, 3.8) is 0 Å². The number of fused-ring (bicyclic) bond motifs is 1. The molecule has 2 aliphatic heterocycles. The molecular formula is C16H21N3O4S. The minimum atomic E-state index is -3.23. The van der Waals surface area contributed by atoms with E-state index in [-0.39, 0.29) is 11.8 Å². The quantitative estimate of drug-likeness (QED) is 0.768. The third kappa shape index (κ3) is 3.16. The van der Waals surface area contributed by atoms with Gasteiger partial charge in [-0.15, -0.1) is 0 Å². The van der Waals surface area contributed by atoms with Crippen LogP contribution in [-0.2, 0) is 21.2 Å². The molecule has 3 rings (SSSR count). The van der Waals surface area contributed by atoms with Gasteiger partial charge in [0.1, 0.15) is 0 Å². The number of anilines is 1. The molecule has 1 fully saturated rings. The maximum Gasteiger partial charge on any atom is 0.253 e. The van der Waals surface area contributed by atoms with Crippen LogP contribution in [0.2, 0.25) is 0 Å². The minimum absolute atomic E-state index is 0.0214. The lowest BCUT2D eigenvalue weighted by Crippen LogP contribution is -2.37. The molecule has 1 aromatic carbocycles. The summed E-state index contributed by atoms with van der Waals surface area (Å²) >= 11 is 0. The Kier molecular flexibility index (Phi) is 4.35. The molecule has 2 amide bonds. The highest BCUT2D eigenvalue weighted by atomic mass is 32.2. The lowest BCUT2D eigenvalue weighted by atomic mass is 10.1. The Morgan fingerprint density at radius 2 is 1.88 bits per heavy atom. The van der Waals surface area contributed by atoms with Crippen molar-refractivity contribution in [2.24, 2.45) is 0 Å². The molecule has 0 aliphatic carbocycles. The summed E-state index contributed by atoms with van der Waals surface area (Å²) in [6, 6.07) is 5.31. The van der Waals surface area contributed by atoms with Gasteiger partial charge in [-0.25, -0.2) is 12.7 Å². The molecule has 0 saturated carbocycles. The number of rotatable bonds is 2. The zero-order chi connectivity index (χ0) is 17.5. The normalized spacial score (nSPS) is 19.3. The van der Waals surface area contributed by atoms with E-state index in [4.69, 9.17) is 0 Å². The third-order valence-corrected chi connectivity index (χ3v) is 5.92. The van der Waals surface area contributed by atoms with Crippen molar-refractivity contribution in [2.45, 2.75) is 12.8 Å². The number of nitrogens with zero attached hydrogens (tertiary/aromatic N) is 3. The van der Waals surface area contributed by atoms with Crippen LogP contribution in [0.5, 0.6) is 0 Å². The Morgan fingerprint density at radius 3 is 2.58 bits per heavy atom. The summed E-state index contributed by atoms with van der Waals surface area (Å²) in [5, 5.41) is 0. The van der Waals surface area contributed by atoms with E-state index >= 15 is 0 Å². The fraction of sp³-hybridized carbons (Fsp3) is 0.500. The van der Waals surface area contributed by atoms with Gasteiger partial charge in [0.2, 0.25) is 15.9 Å². The Morgan fingerprint density at radius 1 is 1.12 bits per heavy atom. The summed E-state index contributed by atoms with van der Waals surface area (Å²) in [6.45, 7) is 1.66. The first-order chi connectivity index (χ1) is 11.3. The number of amides is 2. The van der Waals surface area contributed by atoms with Crippen LogP contribution in [0.3, 0.4) is 0 Å². The highest BCUT2D eigenvalue weighted by molar-refractivity contribution is 7.88. The zero-order valence-corrected chi connectivity index (χ0v) is 14.7. The Hall–Kier alpha value is -1.93. The molecule has 130 valence electrons. The number of likely N-dealkylation sites (N-methyl/N-ethyl adjacent to an activating group) is 1. The van der Waals surface area contributed by atoms with Gasteiger partial charge in [0.05, 0.1) is 12.7 Å². The molecule has 7 nitrogen and oxygen atoms in total. The lowest BCUT2D eigenvalue weighted by Gasteiger charge is -2.21. The monoisotopic (exact) mass is 351 g/mol. The van der Waals surface area contributed by atoms with Crippen LogP contribution in [0.1, 0.15) is 22.3 Å². The van der Waals surface area contributed by atoms with Crippen molar-refractivity contribution in [1.82, 2.24) is 9.21 Å². The van der Waals surface area contributed by atoms with Crippen LogP contribution in [0.4, 0.5) is 5.69 Å². The van der Waals surface area contributed by atoms with E-state index in [0.29, 0.717) is 44.6 Å². The van der Waals surface area contributed by atoms with Gasteiger partial charge in [-0.3, -0.25) is 9.59 Å². The van der Waals surface area contributed by atoms with Gasteiger partial charge in [-0.1, -0.05) is 0 Å². The van der Waals surface area contributed by atoms with Gasteiger partial charge in [-0.05, 0) is 30.2 Å². The van der Waals surface area contributed by atoms with E-state index in [1.54, 1.807) is 35.0 Å². The number of benzene rings is 1. The van der Waals surface area contributed by atoms with E-state index in [1.165, 1.54) is 10.6 Å². The summed E-state index contributed by atoms with van der Waals surface area (Å²) in [6.07, 6.45) is 2.12. The average Bonchev–Trinajstić information content (AvgIpc) is 2.71. The van der Waals surface area contributed by atoms with Crippen LogP contribution in [0.25, 0.3) is 0 Å². The van der Waals surface area contributed by atoms with Crippen LogP contribution in [-0.4, -0.2) is 68.9 Å². The van der Waals surface area contributed by atoms with Gasteiger partial charge >= 0.3 is 0 Å². The summed E-state index contributed by atoms with van der Waals surface area (Å²) in [7, 11) is -1.50. The molecule has 8 heteroatoms. The molecule has 0 unspecified atom stereocenters. The van der Waals surface area contributed by atoms with Crippen molar-refractivity contribution in [1.29, 1.82) is 0 Å². The lowest BCUT2D eigenvalue weighted by molar-refractivity contribution is -0.117. The summed E-state index contributed by atoms with van der Waals surface area (Å²) in [5.41, 5.74) is 2.25. The summed E-state index contributed by atoms with van der Waals surface area (Å²) < 4.78 is 24.7. The van der Waals surface area contributed by atoms with E-state index in [9.17, 15) is 18.0 Å². The van der Waals surface area contributed by atoms with Gasteiger partial charge in [-0.2, -0.15) is 0 Å². The molecule has 0 radical (unpaired) electrons. The van der Waals surface area contributed by atoms with Crippen LogP contribution < -0.4 is 4.90 Å². The third-order valence-electron chi connectivity index (χ3n) is 4.61. The predicted octanol–water partition coefficient (Wildman–Crippen LogP) is 0.313. The van der Waals surface area contributed by atoms with Crippen molar-refractivity contribution in [2.75, 3.05) is 44.4 Å². The van der Waals surface area contributed by atoms with E-state index < -0.39 is 10.0 Å². The number of carbonyl (C=O) groups is 2. The van der Waals surface area contributed by atoms with Crippen molar-refractivity contribution >= 4 is 27.5 Å². The molecule has 0 N–H and O–H groups in total. The first kappa shape index (κ1) is 16.9. The molecule has 0 atom stereocenters. The van der Waals surface area contributed by atoms with Gasteiger partial charge < -0.3 is 9.80 Å². The van der Waals surface area contributed by atoms with Crippen LogP contribution >= 0.6 is 0 Å². The highest BCUT2D eigenvalue weighted by Gasteiger charge is 2.27. The largest absolute Gasteiger partial charge is 0.337 e. The molecule has 1 saturated heterocycles. The fourth-order valence-corrected chi connectivity index (χ4v) is 4.09. The number of carbonyl (C=O) groups excluding carboxylic acids is 2. The SMILES string of the molecule is CN1C(=O)Cc2cc(C(=O)N3CCCN(S(C)(=O)=O)CC3)ccc21. The fourth-order valence-electron chi connectivity index (χ4n) is 3.21. The molecule has 1 aromatic rings. The zero-order valence-electron chi connectivity index (χ0n) is 13.9. The smallest absolute Gasteiger partial charge is 0.253 e. The molecule has 2 heterocycles. The standard InChI is InChI=1S/C16H21N3O4S/c1-17-14-5-4-12(10-13(14)11-15(17)20)16(21)18-6-3-7-19(9-8-18)24(2,22)23/h4-5,10H,3,6-9,11H2,1-2H3. The topological polar surface area (TPSA) is 78.0 Å². The number of hydrogen-bond acceptors (Lipinski definition) is 4. The van der Waals surface area contributed by atoms with E-state index in [1.807, 2.05) is 0 Å². The second-order valence-corrected chi connectivity index (χ2v) is 8.26. The molecule has 24 heavy (non-hydrogen) atoms. The maximum atomic E-state index is 12.7. The second-order valence-electron chi connectivity index (χ2n) is 6.28. The second kappa shape index (κ2) is 6.18. The van der Waals surface area contributed by atoms with Gasteiger partial charge in [0, 0.05) is 44.5 Å². The Bertz CT molecular complexity index is 791. The first-order valence-corrected chi connectivity index (χ1v) is 9.76. The van der Waals surface area contributed by atoms with Crippen molar-refractivity contribution in [3.8, 4) is 0 Å². The van der Waals surface area contributed by atoms with Crippen molar-refractivity contribution < 1.29 is 18.0 Å². The summed E-state index contributed by atoms with van der Waals surface area (Å²) in [4.78, 5) is 27.8. The molecule has 2 aliphatic rings. The molecule has 0 spiro atoms. The maximum absolute atomic E-state index is 12.7. The highest BCUT2D eigenvalue weighted by Crippen LogP contribution is 2.28. The number of hydrogen-bond donors (Lipinski definition) is 0. The Labute approximate surface area is 141 Å². The van der Waals surface area contributed by atoms with Crippen LogP contribution in [0.15, 0.2) is 18.2 Å². The molecule has 0 bridgehead atoms. The first-order valence-electron chi connectivity index (χ1n) is 7.91. The summed E-state index contributed by atoms with van der Waals surface area (Å²) in [5.74, 6) is -0.0941. The van der Waals surface area contributed by atoms with E-state index in [2.05, 4.69) is 0 Å². The Balaban J connectivity index is 1.76. The predicted molar refractivity (Wildman–Crippen MR) is 90.5 cm³/mol.